The van der Waals surface area contributed by atoms with Crippen LogP contribution < -0.4 is 0 Å². The van der Waals surface area contributed by atoms with Gasteiger partial charge in [0.2, 0.25) is 0 Å². The number of alkyl halides is 2. The number of carbonyl (C=O) groups excluding carboxylic acids is 1. The first kappa shape index (κ1) is 9.19. The summed E-state index contributed by atoms with van der Waals surface area (Å²) in [5.74, 6) is -0.238. The molecule has 1 fully saturated rings. The van der Waals surface area contributed by atoms with E-state index in [9.17, 15) is 9.18 Å². The molecule has 0 radical (unpaired) electrons. The highest BCUT2D eigenvalue weighted by Crippen LogP contribution is 2.44. The van der Waals surface area contributed by atoms with Gasteiger partial charge in [-0.3, -0.25) is 9.18 Å². The maximum absolute atomic E-state index is 12.2. The molecule has 0 saturated carbocycles. The minimum atomic E-state index is -0.756. The minimum Gasteiger partial charge on any atom is -0.457 e. The van der Waals surface area contributed by atoms with E-state index < -0.39 is 4.32 Å². The standard InChI is InChI=1S/C9H10BrFO2/c10-9-3-1-7(13-8(9)12)5-6(9)2-4-11/h1,3,6-7H,2,4-5H2/t6-,7+,9+/m0/s1. The molecule has 3 rings (SSSR count). The second kappa shape index (κ2) is 3.08. The monoisotopic (exact) mass is 248 g/mol. The molecule has 2 nitrogen and oxygen atoms in total. The minimum absolute atomic E-state index is 0.0359. The Morgan fingerprint density at radius 3 is 3.15 bits per heavy atom. The third-order valence-electron chi connectivity index (χ3n) is 2.69. The van der Waals surface area contributed by atoms with Gasteiger partial charge in [0.05, 0.1) is 6.67 Å². The Hall–Kier alpha value is -0.380. The molecule has 0 aromatic heterocycles. The van der Waals surface area contributed by atoms with Gasteiger partial charge >= 0.3 is 5.97 Å². The fraction of sp³-hybridized carbons (Fsp3) is 0.667. The van der Waals surface area contributed by atoms with Crippen LogP contribution in [0.1, 0.15) is 12.8 Å². The van der Waals surface area contributed by atoms with Crippen molar-refractivity contribution in [1.82, 2.24) is 0 Å². The Morgan fingerprint density at radius 1 is 1.77 bits per heavy atom. The average molecular weight is 249 g/mol. The zero-order valence-electron chi connectivity index (χ0n) is 7.00. The van der Waals surface area contributed by atoms with Gasteiger partial charge in [-0.25, -0.2) is 0 Å². The fourth-order valence-corrected chi connectivity index (χ4v) is 2.59. The zero-order valence-corrected chi connectivity index (χ0v) is 8.59. The van der Waals surface area contributed by atoms with E-state index >= 15 is 0 Å². The lowest BCUT2D eigenvalue weighted by Crippen LogP contribution is -2.51. The lowest BCUT2D eigenvalue weighted by atomic mass is 9.78. The van der Waals surface area contributed by atoms with Crippen LogP contribution in [0.3, 0.4) is 0 Å². The molecule has 2 bridgehead atoms. The molecule has 4 heteroatoms. The van der Waals surface area contributed by atoms with E-state index in [-0.39, 0.29) is 24.7 Å². The van der Waals surface area contributed by atoms with Crippen LogP contribution in [-0.2, 0) is 9.53 Å². The van der Waals surface area contributed by atoms with Crippen LogP contribution in [0.5, 0.6) is 0 Å². The molecule has 0 aromatic carbocycles. The third kappa shape index (κ3) is 1.31. The Morgan fingerprint density at radius 2 is 2.54 bits per heavy atom. The highest BCUT2D eigenvalue weighted by atomic mass is 79.9. The fourth-order valence-electron chi connectivity index (χ4n) is 1.92. The van der Waals surface area contributed by atoms with E-state index in [0.29, 0.717) is 6.42 Å². The molecule has 1 aliphatic carbocycles. The molecule has 0 aromatic rings. The van der Waals surface area contributed by atoms with Crippen LogP contribution in [0.4, 0.5) is 4.39 Å². The van der Waals surface area contributed by atoms with Crippen molar-refractivity contribution in [3.8, 4) is 0 Å². The molecule has 3 aliphatic rings. The summed E-state index contributed by atoms with van der Waals surface area (Å²) in [5.41, 5.74) is 0. The van der Waals surface area contributed by atoms with Crippen molar-refractivity contribution in [2.24, 2.45) is 5.92 Å². The van der Waals surface area contributed by atoms with Gasteiger partial charge < -0.3 is 4.74 Å². The summed E-state index contributed by atoms with van der Waals surface area (Å²) < 4.78 is 16.5. The number of hydrogen-bond acceptors (Lipinski definition) is 2. The molecule has 13 heavy (non-hydrogen) atoms. The maximum atomic E-state index is 12.2. The maximum Gasteiger partial charge on any atom is 0.327 e. The lowest BCUT2D eigenvalue weighted by Gasteiger charge is -2.42. The van der Waals surface area contributed by atoms with Crippen LogP contribution in [0, 0.1) is 5.92 Å². The summed E-state index contributed by atoms with van der Waals surface area (Å²) in [5, 5.41) is 0. The molecule has 1 saturated heterocycles. The van der Waals surface area contributed by atoms with Crippen molar-refractivity contribution in [3.05, 3.63) is 12.2 Å². The smallest absolute Gasteiger partial charge is 0.327 e. The van der Waals surface area contributed by atoms with E-state index in [4.69, 9.17) is 4.74 Å². The van der Waals surface area contributed by atoms with Crippen LogP contribution in [-0.4, -0.2) is 23.1 Å². The van der Waals surface area contributed by atoms with E-state index in [1.165, 1.54) is 0 Å². The van der Waals surface area contributed by atoms with Crippen LogP contribution in [0.25, 0.3) is 0 Å². The number of esters is 1. The number of rotatable bonds is 2. The molecular weight excluding hydrogens is 239 g/mol. The lowest BCUT2D eigenvalue weighted by molar-refractivity contribution is -0.157. The Bertz CT molecular complexity index is 266. The van der Waals surface area contributed by atoms with Crippen LogP contribution >= 0.6 is 15.9 Å². The first-order valence-electron chi connectivity index (χ1n) is 4.32. The van der Waals surface area contributed by atoms with Gasteiger partial charge in [0.15, 0.2) is 0 Å². The largest absolute Gasteiger partial charge is 0.457 e. The van der Waals surface area contributed by atoms with E-state index in [1.54, 1.807) is 6.08 Å². The van der Waals surface area contributed by atoms with Gasteiger partial charge in [0.1, 0.15) is 10.4 Å². The Kier molecular flexibility index (Phi) is 2.18. The SMILES string of the molecule is O=C1O[C@@H]2C=C[C@@]1(Br)[C@@H](CCF)C2. The Labute approximate surface area is 84.3 Å². The molecule has 2 heterocycles. The first-order chi connectivity index (χ1) is 6.16. The molecule has 0 unspecified atom stereocenters. The number of carbonyl (C=O) groups is 1. The summed E-state index contributed by atoms with van der Waals surface area (Å²) in [4.78, 5) is 11.4. The molecule has 0 amide bonds. The van der Waals surface area contributed by atoms with Gasteiger partial charge in [0.25, 0.3) is 0 Å². The van der Waals surface area contributed by atoms with Crippen LogP contribution in [0.15, 0.2) is 12.2 Å². The number of halogens is 2. The topological polar surface area (TPSA) is 26.3 Å². The molecule has 0 N–H and O–H groups in total. The molecule has 72 valence electrons. The Balaban J connectivity index is 2.26. The van der Waals surface area contributed by atoms with Crippen molar-refractivity contribution in [2.75, 3.05) is 6.67 Å². The van der Waals surface area contributed by atoms with Crippen molar-refractivity contribution < 1.29 is 13.9 Å². The quantitative estimate of drug-likeness (QED) is 0.425. The number of hydrogen-bond donors (Lipinski definition) is 0. The van der Waals surface area contributed by atoms with Gasteiger partial charge in [-0.2, -0.15) is 0 Å². The summed E-state index contributed by atoms with van der Waals surface area (Å²) in [6, 6.07) is 0. The zero-order chi connectivity index (χ0) is 9.47. The van der Waals surface area contributed by atoms with Gasteiger partial charge in [-0.05, 0) is 24.8 Å². The van der Waals surface area contributed by atoms with Gasteiger partial charge in [-0.15, -0.1) is 0 Å². The van der Waals surface area contributed by atoms with Crippen molar-refractivity contribution in [3.63, 3.8) is 0 Å². The highest BCUT2D eigenvalue weighted by molar-refractivity contribution is 9.10. The van der Waals surface area contributed by atoms with Crippen molar-refractivity contribution >= 4 is 21.9 Å². The molecule has 2 aliphatic heterocycles. The van der Waals surface area contributed by atoms with Crippen LogP contribution in [0.2, 0.25) is 0 Å². The van der Waals surface area contributed by atoms with E-state index in [2.05, 4.69) is 15.9 Å². The summed E-state index contributed by atoms with van der Waals surface area (Å²) in [7, 11) is 0. The number of ether oxygens (including phenoxy) is 1. The molecular formula is C9H10BrFO2. The average Bonchev–Trinajstić information content (AvgIpc) is 2.09. The van der Waals surface area contributed by atoms with Gasteiger partial charge in [0, 0.05) is 0 Å². The van der Waals surface area contributed by atoms with Crippen molar-refractivity contribution in [1.29, 1.82) is 0 Å². The first-order valence-corrected chi connectivity index (χ1v) is 5.11. The summed E-state index contributed by atoms with van der Waals surface area (Å²) in [6.07, 6.45) is 4.68. The molecule has 0 spiro atoms. The number of fused-ring (bicyclic) bond motifs is 2. The third-order valence-corrected chi connectivity index (χ3v) is 3.93. The highest BCUT2D eigenvalue weighted by Gasteiger charge is 2.50. The van der Waals surface area contributed by atoms with E-state index in [0.717, 1.165) is 6.42 Å². The second-order valence-electron chi connectivity index (χ2n) is 3.48. The van der Waals surface area contributed by atoms with E-state index in [1.807, 2.05) is 6.08 Å². The van der Waals surface area contributed by atoms with Gasteiger partial charge in [-0.1, -0.05) is 22.0 Å². The summed E-state index contributed by atoms with van der Waals surface area (Å²) in [6.45, 7) is -0.383. The predicted octanol–water partition coefficient (Wildman–Crippen LogP) is 1.98. The predicted molar refractivity (Wildman–Crippen MR) is 49.4 cm³/mol. The van der Waals surface area contributed by atoms with Crippen molar-refractivity contribution in [2.45, 2.75) is 23.3 Å². The summed E-state index contributed by atoms with van der Waals surface area (Å²) >= 11 is 3.34. The second-order valence-corrected chi connectivity index (χ2v) is 4.79. The molecule has 3 atom stereocenters. The normalized spacial score (nSPS) is 42.2.